The quantitative estimate of drug-likeness (QED) is 0.323. The van der Waals surface area contributed by atoms with Crippen molar-refractivity contribution in [2.45, 2.75) is 33.0 Å². The first-order valence-corrected chi connectivity index (χ1v) is 4.43. The van der Waals surface area contributed by atoms with E-state index in [0.717, 1.165) is 0 Å². The molecule has 0 spiro atoms. The maximum Gasteiger partial charge on any atom is 0.164 e. The van der Waals surface area contributed by atoms with Crippen LogP contribution in [0.4, 0.5) is 0 Å². The normalized spacial score (nSPS) is 10.4. The Morgan fingerprint density at radius 1 is 1.31 bits per heavy atom. The maximum absolute atomic E-state index is 11.0. The highest BCUT2D eigenvalue weighted by molar-refractivity contribution is 5.89. The third kappa shape index (κ3) is 6.42. The highest BCUT2D eigenvalue weighted by Gasteiger charge is 2.12. The second-order valence-electron chi connectivity index (χ2n) is 2.45. The lowest BCUT2D eigenvalue weighted by Crippen LogP contribution is -2.21. The van der Waals surface area contributed by atoms with E-state index in [1.807, 2.05) is 13.8 Å². The van der Waals surface area contributed by atoms with Gasteiger partial charge in [-0.15, -0.1) is 0 Å². The standard InChI is InChI=1S/C9H16O4/c1-3-12-9(13-4-2)7-8(11)5-6-10/h6,9H,3-5,7H2,1-2H3. The number of aldehydes is 1. The van der Waals surface area contributed by atoms with E-state index in [4.69, 9.17) is 9.47 Å². The Bertz CT molecular complexity index is 150. The van der Waals surface area contributed by atoms with E-state index < -0.39 is 6.29 Å². The lowest BCUT2D eigenvalue weighted by Gasteiger charge is -2.15. The van der Waals surface area contributed by atoms with Crippen LogP contribution < -0.4 is 0 Å². The molecule has 0 heterocycles. The molecule has 0 aliphatic rings. The fourth-order valence-corrected chi connectivity index (χ4v) is 0.900. The van der Waals surface area contributed by atoms with Gasteiger partial charge in [-0.05, 0) is 13.8 Å². The number of ketones is 1. The molecule has 76 valence electrons. The van der Waals surface area contributed by atoms with Gasteiger partial charge in [-0.3, -0.25) is 4.79 Å². The molecule has 0 atom stereocenters. The summed E-state index contributed by atoms with van der Waals surface area (Å²) in [6.07, 6.45) is 0.191. The summed E-state index contributed by atoms with van der Waals surface area (Å²) < 4.78 is 10.3. The topological polar surface area (TPSA) is 52.6 Å². The van der Waals surface area contributed by atoms with Crippen molar-refractivity contribution in [2.24, 2.45) is 0 Å². The number of carbonyl (C=O) groups excluding carboxylic acids is 2. The van der Waals surface area contributed by atoms with Crippen LogP contribution in [0, 0.1) is 0 Å². The predicted octanol–water partition coefficient (Wildman–Crippen LogP) is 0.934. The fourth-order valence-electron chi connectivity index (χ4n) is 0.900. The van der Waals surface area contributed by atoms with Gasteiger partial charge in [-0.2, -0.15) is 0 Å². The SMILES string of the molecule is CCOC(CC(=O)CC=O)OCC. The van der Waals surface area contributed by atoms with E-state index in [0.29, 0.717) is 19.5 Å². The molecule has 13 heavy (non-hydrogen) atoms. The van der Waals surface area contributed by atoms with Crippen molar-refractivity contribution in [1.82, 2.24) is 0 Å². The van der Waals surface area contributed by atoms with Gasteiger partial charge in [0.2, 0.25) is 0 Å². The van der Waals surface area contributed by atoms with Crippen LogP contribution >= 0.6 is 0 Å². The van der Waals surface area contributed by atoms with Gasteiger partial charge >= 0.3 is 0 Å². The van der Waals surface area contributed by atoms with E-state index in [2.05, 4.69) is 0 Å². The average molecular weight is 188 g/mol. The zero-order valence-corrected chi connectivity index (χ0v) is 8.12. The monoisotopic (exact) mass is 188 g/mol. The highest BCUT2D eigenvalue weighted by Crippen LogP contribution is 2.02. The molecular weight excluding hydrogens is 172 g/mol. The van der Waals surface area contributed by atoms with Crippen molar-refractivity contribution in [3.8, 4) is 0 Å². The Labute approximate surface area is 78.2 Å². The first-order valence-electron chi connectivity index (χ1n) is 4.43. The van der Waals surface area contributed by atoms with Crippen LogP contribution in [0.25, 0.3) is 0 Å². The second-order valence-corrected chi connectivity index (χ2v) is 2.45. The number of rotatable bonds is 8. The summed E-state index contributed by atoms with van der Waals surface area (Å²) in [5, 5.41) is 0. The molecule has 4 heteroatoms. The minimum Gasteiger partial charge on any atom is -0.352 e. The maximum atomic E-state index is 11.0. The molecule has 0 aromatic carbocycles. The minimum atomic E-state index is -0.498. The summed E-state index contributed by atoms with van der Waals surface area (Å²) >= 11 is 0. The lowest BCUT2D eigenvalue weighted by molar-refractivity contribution is -0.152. The molecule has 0 saturated heterocycles. The third-order valence-corrected chi connectivity index (χ3v) is 1.41. The van der Waals surface area contributed by atoms with Gasteiger partial charge in [0.05, 0.1) is 12.8 Å². The average Bonchev–Trinajstić information content (AvgIpc) is 2.05. The smallest absolute Gasteiger partial charge is 0.164 e. The van der Waals surface area contributed by atoms with Crippen LogP contribution in [0.3, 0.4) is 0 Å². The summed E-state index contributed by atoms with van der Waals surface area (Å²) in [4.78, 5) is 21.0. The van der Waals surface area contributed by atoms with Crippen LogP contribution in [-0.4, -0.2) is 31.6 Å². The molecule has 0 aliphatic heterocycles. The first kappa shape index (κ1) is 12.3. The molecule has 0 saturated carbocycles. The molecule has 0 unspecified atom stereocenters. The van der Waals surface area contributed by atoms with Crippen LogP contribution in [0.15, 0.2) is 0 Å². The predicted molar refractivity (Wildman–Crippen MR) is 47.3 cm³/mol. The van der Waals surface area contributed by atoms with Crippen molar-refractivity contribution in [3.05, 3.63) is 0 Å². The zero-order chi connectivity index (χ0) is 10.1. The van der Waals surface area contributed by atoms with Crippen LogP contribution in [0.1, 0.15) is 26.7 Å². The van der Waals surface area contributed by atoms with Gasteiger partial charge in [-0.25, -0.2) is 0 Å². The molecule has 0 bridgehead atoms. The van der Waals surface area contributed by atoms with Gasteiger partial charge in [0.25, 0.3) is 0 Å². The van der Waals surface area contributed by atoms with E-state index in [1.165, 1.54) is 0 Å². The van der Waals surface area contributed by atoms with Gasteiger partial charge in [-0.1, -0.05) is 0 Å². The largest absolute Gasteiger partial charge is 0.352 e. The molecule has 0 N–H and O–H groups in total. The zero-order valence-electron chi connectivity index (χ0n) is 8.12. The summed E-state index contributed by atoms with van der Waals surface area (Å²) in [6.45, 7) is 4.66. The van der Waals surface area contributed by atoms with Crippen molar-refractivity contribution < 1.29 is 19.1 Å². The van der Waals surface area contributed by atoms with Crippen molar-refractivity contribution in [3.63, 3.8) is 0 Å². The molecule has 0 fully saturated rings. The van der Waals surface area contributed by atoms with Crippen molar-refractivity contribution in [1.29, 1.82) is 0 Å². The molecule has 0 radical (unpaired) electrons. The van der Waals surface area contributed by atoms with Gasteiger partial charge in [0.15, 0.2) is 6.29 Å². The Kier molecular flexibility index (Phi) is 7.44. The molecule has 4 nitrogen and oxygen atoms in total. The lowest BCUT2D eigenvalue weighted by atomic mass is 10.2. The summed E-state index contributed by atoms with van der Waals surface area (Å²) in [6, 6.07) is 0. The number of hydrogen-bond donors (Lipinski definition) is 0. The molecular formula is C9H16O4. The number of Topliss-reactive ketones (excluding diaryl/α,β-unsaturated/α-hetero) is 1. The molecule has 0 aliphatic carbocycles. The Morgan fingerprint density at radius 2 is 1.85 bits per heavy atom. The second kappa shape index (κ2) is 7.89. The number of hydrogen-bond acceptors (Lipinski definition) is 4. The Hall–Kier alpha value is -0.740. The third-order valence-electron chi connectivity index (χ3n) is 1.41. The molecule has 0 aromatic heterocycles. The fraction of sp³-hybridized carbons (Fsp3) is 0.778. The van der Waals surface area contributed by atoms with Gasteiger partial charge in [0.1, 0.15) is 12.1 Å². The minimum absolute atomic E-state index is 0.0589. The summed E-state index contributed by atoms with van der Waals surface area (Å²) in [5.41, 5.74) is 0. The first-order chi connectivity index (χ1) is 6.24. The summed E-state index contributed by atoms with van der Waals surface area (Å²) in [7, 11) is 0. The summed E-state index contributed by atoms with van der Waals surface area (Å²) in [5.74, 6) is -0.151. The van der Waals surface area contributed by atoms with Gasteiger partial charge < -0.3 is 14.3 Å². The van der Waals surface area contributed by atoms with Crippen molar-refractivity contribution >= 4 is 12.1 Å². The number of carbonyl (C=O) groups is 2. The number of ether oxygens (including phenoxy) is 2. The van der Waals surface area contributed by atoms with E-state index in [9.17, 15) is 9.59 Å². The van der Waals surface area contributed by atoms with Crippen LogP contribution in [0.5, 0.6) is 0 Å². The Balaban J connectivity index is 3.78. The van der Waals surface area contributed by atoms with E-state index in [1.54, 1.807) is 0 Å². The molecule has 0 amide bonds. The van der Waals surface area contributed by atoms with Crippen LogP contribution in [0.2, 0.25) is 0 Å². The Morgan fingerprint density at radius 3 is 2.23 bits per heavy atom. The molecule has 0 rings (SSSR count). The van der Waals surface area contributed by atoms with Crippen molar-refractivity contribution in [2.75, 3.05) is 13.2 Å². The van der Waals surface area contributed by atoms with E-state index in [-0.39, 0.29) is 18.6 Å². The highest BCUT2D eigenvalue weighted by atomic mass is 16.7. The van der Waals surface area contributed by atoms with Gasteiger partial charge in [0, 0.05) is 13.2 Å². The molecule has 0 aromatic rings. The van der Waals surface area contributed by atoms with E-state index >= 15 is 0 Å². The van der Waals surface area contributed by atoms with Crippen LogP contribution in [-0.2, 0) is 19.1 Å².